The molecule has 0 bridgehead atoms. The van der Waals surface area contributed by atoms with E-state index in [-0.39, 0.29) is 17.0 Å². The van der Waals surface area contributed by atoms with Gasteiger partial charge in [-0.3, -0.25) is 10.1 Å². The van der Waals surface area contributed by atoms with Gasteiger partial charge in [0, 0.05) is 36.6 Å². The number of carbonyl (C=O) groups is 2. The van der Waals surface area contributed by atoms with Gasteiger partial charge in [-0.2, -0.15) is 0 Å². The standard InChI is InChI=1S/C19H15NO7/c21-17-15(18(22)27-19(26-17)8-1-2-9-19)11-14-6-7-16(25-14)12-4-3-5-13(10-12)20(23)24/h3-7,10-11H,1-2,8-9H2. The van der Waals surface area contributed by atoms with Crippen LogP contribution in [0.5, 0.6) is 0 Å². The number of carbonyl (C=O) groups excluding carboxylic acids is 2. The molecule has 4 rings (SSSR count). The van der Waals surface area contributed by atoms with Gasteiger partial charge in [-0.15, -0.1) is 0 Å². The molecule has 1 saturated carbocycles. The number of esters is 2. The molecule has 138 valence electrons. The normalized spacial score (nSPS) is 18.3. The molecule has 2 fully saturated rings. The Morgan fingerprint density at radius 2 is 1.74 bits per heavy atom. The predicted molar refractivity (Wildman–Crippen MR) is 92.2 cm³/mol. The third-order valence-electron chi connectivity index (χ3n) is 4.62. The van der Waals surface area contributed by atoms with E-state index in [1.54, 1.807) is 24.3 Å². The van der Waals surface area contributed by atoms with Crippen molar-refractivity contribution in [2.75, 3.05) is 0 Å². The zero-order valence-electron chi connectivity index (χ0n) is 14.2. The smallest absolute Gasteiger partial charge is 0.349 e. The first-order valence-corrected chi connectivity index (χ1v) is 8.49. The number of hydrogen-bond acceptors (Lipinski definition) is 7. The van der Waals surface area contributed by atoms with Crippen LogP contribution in [0.25, 0.3) is 17.4 Å². The summed E-state index contributed by atoms with van der Waals surface area (Å²) in [4.78, 5) is 34.9. The monoisotopic (exact) mass is 369 g/mol. The molecule has 0 unspecified atom stereocenters. The number of ether oxygens (including phenoxy) is 2. The van der Waals surface area contributed by atoms with Crippen LogP contribution in [0.3, 0.4) is 0 Å². The zero-order valence-corrected chi connectivity index (χ0v) is 14.2. The molecular formula is C19H15NO7. The van der Waals surface area contributed by atoms with Crippen molar-refractivity contribution in [2.45, 2.75) is 31.5 Å². The second-order valence-electron chi connectivity index (χ2n) is 6.46. The minimum atomic E-state index is -1.12. The Morgan fingerprint density at radius 3 is 2.41 bits per heavy atom. The Morgan fingerprint density at radius 1 is 1.04 bits per heavy atom. The summed E-state index contributed by atoms with van der Waals surface area (Å²) in [6.45, 7) is 0. The first kappa shape index (κ1) is 17.0. The van der Waals surface area contributed by atoms with E-state index in [1.165, 1.54) is 18.2 Å². The molecular weight excluding hydrogens is 354 g/mol. The van der Waals surface area contributed by atoms with Gasteiger partial charge in [0.2, 0.25) is 0 Å². The largest absolute Gasteiger partial charge is 0.457 e. The summed E-state index contributed by atoms with van der Waals surface area (Å²) in [5, 5.41) is 10.9. The van der Waals surface area contributed by atoms with Gasteiger partial charge in [-0.05, 0) is 25.0 Å². The third-order valence-corrected chi connectivity index (χ3v) is 4.62. The van der Waals surface area contributed by atoms with Gasteiger partial charge in [0.25, 0.3) is 11.5 Å². The summed E-state index contributed by atoms with van der Waals surface area (Å²) in [6, 6.07) is 9.12. The molecule has 2 aliphatic rings. The molecule has 0 atom stereocenters. The molecule has 1 aliphatic heterocycles. The molecule has 1 aromatic heterocycles. The summed E-state index contributed by atoms with van der Waals surface area (Å²) in [5.41, 5.74) is 0.199. The van der Waals surface area contributed by atoms with E-state index in [2.05, 4.69) is 0 Å². The van der Waals surface area contributed by atoms with Gasteiger partial charge >= 0.3 is 11.9 Å². The Balaban J connectivity index is 1.59. The minimum absolute atomic E-state index is 0.0647. The first-order valence-electron chi connectivity index (χ1n) is 8.49. The molecule has 1 aliphatic carbocycles. The summed E-state index contributed by atoms with van der Waals surface area (Å²) >= 11 is 0. The second kappa shape index (κ2) is 6.39. The number of hydrogen-bond donors (Lipinski definition) is 0. The number of furan rings is 1. The van der Waals surface area contributed by atoms with Crippen molar-refractivity contribution in [1.82, 2.24) is 0 Å². The van der Waals surface area contributed by atoms with E-state index in [1.807, 2.05) is 0 Å². The van der Waals surface area contributed by atoms with E-state index < -0.39 is 22.6 Å². The number of nitro benzene ring substituents is 1. The molecule has 2 aromatic rings. The maximum Gasteiger partial charge on any atom is 0.349 e. The van der Waals surface area contributed by atoms with Gasteiger partial charge in [0.05, 0.1) is 4.92 Å². The van der Waals surface area contributed by atoms with Gasteiger partial charge in [0.15, 0.2) is 0 Å². The maximum absolute atomic E-state index is 12.3. The van der Waals surface area contributed by atoms with E-state index in [4.69, 9.17) is 13.9 Å². The average Bonchev–Trinajstić information content (AvgIpc) is 3.28. The van der Waals surface area contributed by atoms with Gasteiger partial charge in [-0.25, -0.2) is 9.59 Å². The van der Waals surface area contributed by atoms with Crippen LogP contribution in [0.4, 0.5) is 5.69 Å². The van der Waals surface area contributed by atoms with Crippen LogP contribution in [0.15, 0.2) is 46.4 Å². The highest BCUT2D eigenvalue weighted by Gasteiger charge is 2.48. The van der Waals surface area contributed by atoms with Crippen molar-refractivity contribution in [1.29, 1.82) is 0 Å². The molecule has 8 nitrogen and oxygen atoms in total. The summed E-state index contributed by atoms with van der Waals surface area (Å²) in [5.74, 6) is -1.98. The quantitative estimate of drug-likeness (QED) is 0.267. The molecule has 0 amide bonds. The summed E-state index contributed by atoms with van der Waals surface area (Å²) in [6.07, 6.45) is 3.95. The Bertz CT molecular complexity index is 944. The van der Waals surface area contributed by atoms with Crippen LogP contribution in [0.2, 0.25) is 0 Å². The average molecular weight is 369 g/mol. The lowest BCUT2D eigenvalue weighted by Crippen LogP contribution is -2.44. The van der Waals surface area contributed by atoms with Crippen LogP contribution >= 0.6 is 0 Å². The molecule has 27 heavy (non-hydrogen) atoms. The molecule has 1 spiro atoms. The second-order valence-corrected chi connectivity index (χ2v) is 6.46. The van der Waals surface area contributed by atoms with Crippen molar-refractivity contribution in [3.05, 3.63) is 57.8 Å². The fourth-order valence-corrected chi connectivity index (χ4v) is 3.29. The lowest BCUT2D eigenvalue weighted by molar-refractivity contribution is -0.384. The zero-order chi connectivity index (χ0) is 19.0. The number of nitro groups is 1. The van der Waals surface area contributed by atoms with Crippen LogP contribution < -0.4 is 0 Å². The lowest BCUT2D eigenvalue weighted by atomic mass is 10.1. The van der Waals surface area contributed by atoms with Crippen molar-refractivity contribution in [3.8, 4) is 11.3 Å². The number of benzene rings is 1. The fourth-order valence-electron chi connectivity index (χ4n) is 3.29. The highest BCUT2D eigenvalue weighted by Crippen LogP contribution is 2.38. The maximum atomic E-state index is 12.3. The number of nitrogens with zero attached hydrogens (tertiary/aromatic N) is 1. The highest BCUT2D eigenvalue weighted by molar-refractivity contribution is 6.18. The molecule has 1 saturated heterocycles. The van der Waals surface area contributed by atoms with Crippen molar-refractivity contribution in [3.63, 3.8) is 0 Å². The third kappa shape index (κ3) is 3.21. The first-order chi connectivity index (χ1) is 13.0. The number of rotatable bonds is 3. The number of non-ortho nitro benzene ring substituents is 1. The summed E-state index contributed by atoms with van der Waals surface area (Å²) < 4.78 is 16.3. The van der Waals surface area contributed by atoms with Crippen LogP contribution in [-0.4, -0.2) is 22.6 Å². The van der Waals surface area contributed by atoms with E-state index in [9.17, 15) is 19.7 Å². The molecule has 2 heterocycles. The van der Waals surface area contributed by atoms with E-state index in [0.717, 1.165) is 12.8 Å². The minimum Gasteiger partial charge on any atom is -0.457 e. The summed E-state index contributed by atoms with van der Waals surface area (Å²) in [7, 11) is 0. The van der Waals surface area contributed by atoms with Crippen LogP contribution in [-0.2, 0) is 19.1 Å². The Kier molecular flexibility index (Phi) is 4.02. The Hall–Kier alpha value is -3.42. The van der Waals surface area contributed by atoms with E-state index in [0.29, 0.717) is 24.2 Å². The Labute approximate surface area is 153 Å². The highest BCUT2D eigenvalue weighted by atomic mass is 16.7. The van der Waals surface area contributed by atoms with Crippen LogP contribution in [0.1, 0.15) is 31.4 Å². The SMILES string of the molecule is O=C1OC2(CCCC2)OC(=O)C1=Cc1ccc(-c2cccc([N+](=O)[O-])c2)o1. The lowest BCUT2D eigenvalue weighted by Gasteiger charge is -2.32. The van der Waals surface area contributed by atoms with Gasteiger partial charge in [-0.1, -0.05) is 12.1 Å². The van der Waals surface area contributed by atoms with Crippen LogP contribution in [0, 0.1) is 10.1 Å². The van der Waals surface area contributed by atoms with Crippen molar-refractivity contribution in [2.24, 2.45) is 0 Å². The van der Waals surface area contributed by atoms with Crippen molar-refractivity contribution < 1.29 is 28.4 Å². The molecule has 0 radical (unpaired) electrons. The molecule has 0 N–H and O–H groups in total. The van der Waals surface area contributed by atoms with Gasteiger partial charge in [0.1, 0.15) is 17.1 Å². The van der Waals surface area contributed by atoms with E-state index >= 15 is 0 Å². The molecule has 1 aromatic carbocycles. The topological polar surface area (TPSA) is 109 Å². The van der Waals surface area contributed by atoms with Crippen molar-refractivity contribution >= 4 is 23.7 Å². The molecule has 8 heteroatoms. The van der Waals surface area contributed by atoms with Gasteiger partial charge < -0.3 is 13.9 Å². The predicted octanol–water partition coefficient (Wildman–Crippen LogP) is 3.61. The fraction of sp³-hybridized carbons (Fsp3) is 0.263.